The van der Waals surface area contributed by atoms with E-state index < -0.39 is 0 Å². The standard InChI is InChI=1S/C13H22N2S/c1-5-6-14-8-12(10(2)3)7-13-9-16-11(4)15-13/h7,9-10,14H,5-6,8H2,1-4H3. The predicted octanol–water partition coefficient (Wildman–Crippen LogP) is 3.49. The van der Waals surface area contributed by atoms with Gasteiger partial charge in [-0.15, -0.1) is 11.3 Å². The molecule has 1 heterocycles. The number of aromatic nitrogens is 1. The zero-order chi connectivity index (χ0) is 12.0. The molecule has 90 valence electrons. The maximum absolute atomic E-state index is 4.48. The fourth-order valence-electron chi connectivity index (χ4n) is 1.47. The van der Waals surface area contributed by atoms with Gasteiger partial charge >= 0.3 is 0 Å². The Hall–Kier alpha value is -0.670. The molecule has 16 heavy (non-hydrogen) atoms. The molecule has 1 N–H and O–H groups in total. The molecule has 0 bridgehead atoms. The molecular formula is C13H22N2S. The van der Waals surface area contributed by atoms with Crippen molar-refractivity contribution in [1.82, 2.24) is 10.3 Å². The van der Waals surface area contributed by atoms with E-state index in [9.17, 15) is 0 Å². The van der Waals surface area contributed by atoms with Crippen LogP contribution in [0, 0.1) is 12.8 Å². The Balaban J connectivity index is 2.65. The molecule has 0 spiro atoms. The van der Waals surface area contributed by atoms with Crippen LogP contribution in [0.3, 0.4) is 0 Å². The van der Waals surface area contributed by atoms with E-state index in [-0.39, 0.29) is 0 Å². The van der Waals surface area contributed by atoms with Gasteiger partial charge in [-0.25, -0.2) is 4.98 Å². The van der Waals surface area contributed by atoms with Gasteiger partial charge in [0.15, 0.2) is 0 Å². The van der Waals surface area contributed by atoms with Crippen LogP contribution < -0.4 is 5.32 Å². The maximum atomic E-state index is 4.48. The van der Waals surface area contributed by atoms with Gasteiger partial charge in [-0.3, -0.25) is 0 Å². The van der Waals surface area contributed by atoms with Gasteiger partial charge in [-0.1, -0.05) is 26.3 Å². The molecule has 0 amide bonds. The van der Waals surface area contributed by atoms with Crippen LogP contribution in [0.1, 0.15) is 37.9 Å². The van der Waals surface area contributed by atoms with Crippen molar-refractivity contribution >= 4 is 17.4 Å². The first-order chi connectivity index (χ1) is 7.63. The van der Waals surface area contributed by atoms with Crippen LogP contribution in [0.25, 0.3) is 6.08 Å². The monoisotopic (exact) mass is 238 g/mol. The van der Waals surface area contributed by atoms with Crippen molar-refractivity contribution in [1.29, 1.82) is 0 Å². The summed E-state index contributed by atoms with van der Waals surface area (Å²) in [6.45, 7) is 10.8. The number of rotatable bonds is 6. The topological polar surface area (TPSA) is 24.9 Å². The highest BCUT2D eigenvalue weighted by molar-refractivity contribution is 7.09. The summed E-state index contributed by atoms with van der Waals surface area (Å²) in [7, 11) is 0. The molecule has 1 aromatic heterocycles. The van der Waals surface area contributed by atoms with E-state index in [0.29, 0.717) is 5.92 Å². The third-order valence-corrected chi connectivity index (χ3v) is 3.26. The SMILES string of the molecule is CCCNCC(=Cc1csc(C)n1)C(C)C. The highest BCUT2D eigenvalue weighted by Crippen LogP contribution is 2.16. The molecule has 0 aromatic carbocycles. The summed E-state index contributed by atoms with van der Waals surface area (Å²) in [6.07, 6.45) is 3.40. The summed E-state index contributed by atoms with van der Waals surface area (Å²) in [5.41, 5.74) is 2.53. The van der Waals surface area contributed by atoms with Gasteiger partial charge in [0.25, 0.3) is 0 Å². The van der Waals surface area contributed by atoms with E-state index in [1.54, 1.807) is 11.3 Å². The molecule has 0 fully saturated rings. The summed E-state index contributed by atoms with van der Waals surface area (Å²) in [6, 6.07) is 0. The van der Waals surface area contributed by atoms with E-state index in [1.165, 1.54) is 12.0 Å². The Bertz CT molecular complexity index is 339. The lowest BCUT2D eigenvalue weighted by Gasteiger charge is -2.11. The number of hydrogen-bond donors (Lipinski definition) is 1. The lowest BCUT2D eigenvalue weighted by atomic mass is 10.0. The van der Waals surface area contributed by atoms with Crippen LogP contribution in [0.5, 0.6) is 0 Å². The smallest absolute Gasteiger partial charge is 0.0901 e. The summed E-state index contributed by atoms with van der Waals surface area (Å²) in [4.78, 5) is 4.48. The fraction of sp³-hybridized carbons (Fsp3) is 0.615. The predicted molar refractivity (Wildman–Crippen MR) is 72.8 cm³/mol. The number of thiazole rings is 1. The van der Waals surface area contributed by atoms with Crippen LogP contribution in [-0.4, -0.2) is 18.1 Å². The summed E-state index contributed by atoms with van der Waals surface area (Å²) in [5.74, 6) is 0.575. The van der Waals surface area contributed by atoms with Crippen LogP contribution in [0.2, 0.25) is 0 Å². The molecule has 0 unspecified atom stereocenters. The first kappa shape index (κ1) is 13.4. The van der Waals surface area contributed by atoms with Gasteiger partial charge in [0.05, 0.1) is 10.7 Å². The van der Waals surface area contributed by atoms with Crippen LogP contribution in [0.4, 0.5) is 0 Å². The maximum Gasteiger partial charge on any atom is 0.0901 e. The van der Waals surface area contributed by atoms with Crippen molar-refractivity contribution < 1.29 is 0 Å². The van der Waals surface area contributed by atoms with Crippen molar-refractivity contribution in [3.05, 3.63) is 21.7 Å². The fourth-order valence-corrected chi connectivity index (χ4v) is 2.04. The van der Waals surface area contributed by atoms with E-state index in [1.807, 2.05) is 6.92 Å². The quantitative estimate of drug-likeness (QED) is 0.767. The molecule has 2 nitrogen and oxygen atoms in total. The average Bonchev–Trinajstić information content (AvgIpc) is 2.63. The molecule has 0 saturated carbocycles. The number of hydrogen-bond acceptors (Lipinski definition) is 3. The van der Waals surface area contributed by atoms with E-state index in [2.05, 4.69) is 42.5 Å². The molecular weight excluding hydrogens is 216 g/mol. The Labute approximate surface area is 103 Å². The molecule has 1 rings (SSSR count). The second kappa shape index (κ2) is 6.81. The van der Waals surface area contributed by atoms with E-state index in [0.717, 1.165) is 23.8 Å². The summed E-state index contributed by atoms with van der Waals surface area (Å²) < 4.78 is 0. The van der Waals surface area contributed by atoms with Gasteiger partial charge in [0.2, 0.25) is 0 Å². The zero-order valence-corrected chi connectivity index (χ0v) is 11.5. The summed E-state index contributed by atoms with van der Waals surface area (Å²) >= 11 is 1.71. The Kier molecular flexibility index (Phi) is 5.71. The Morgan fingerprint density at radius 1 is 1.56 bits per heavy atom. The first-order valence-electron chi connectivity index (χ1n) is 5.96. The minimum Gasteiger partial charge on any atom is -0.313 e. The Morgan fingerprint density at radius 3 is 2.81 bits per heavy atom. The van der Waals surface area contributed by atoms with Crippen LogP contribution >= 0.6 is 11.3 Å². The van der Waals surface area contributed by atoms with Gasteiger partial charge in [0, 0.05) is 11.9 Å². The lowest BCUT2D eigenvalue weighted by Crippen LogP contribution is -2.19. The lowest BCUT2D eigenvalue weighted by molar-refractivity contribution is 0.656. The number of aryl methyl sites for hydroxylation is 1. The molecule has 0 aliphatic carbocycles. The van der Waals surface area contributed by atoms with Crippen molar-refractivity contribution in [3.8, 4) is 0 Å². The molecule has 0 atom stereocenters. The van der Waals surface area contributed by atoms with Gasteiger partial charge in [-0.2, -0.15) is 0 Å². The Morgan fingerprint density at radius 2 is 2.31 bits per heavy atom. The van der Waals surface area contributed by atoms with E-state index >= 15 is 0 Å². The largest absolute Gasteiger partial charge is 0.313 e. The molecule has 0 radical (unpaired) electrons. The minimum absolute atomic E-state index is 0.575. The van der Waals surface area contributed by atoms with Gasteiger partial charge < -0.3 is 5.32 Å². The molecule has 3 heteroatoms. The van der Waals surface area contributed by atoms with Gasteiger partial charge in [0.1, 0.15) is 0 Å². The van der Waals surface area contributed by atoms with E-state index in [4.69, 9.17) is 0 Å². The van der Waals surface area contributed by atoms with Crippen LogP contribution in [-0.2, 0) is 0 Å². The van der Waals surface area contributed by atoms with Crippen molar-refractivity contribution in [3.63, 3.8) is 0 Å². The average molecular weight is 238 g/mol. The molecule has 0 aliphatic heterocycles. The third kappa shape index (κ3) is 4.45. The van der Waals surface area contributed by atoms with Crippen molar-refractivity contribution in [2.75, 3.05) is 13.1 Å². The first-order valence-corrected chi connectivity index (χ1v) is 6.84. The second-order valence-corrected chi connectivity index (χ2v) is 5.40. The highest BCUT2D eigenvalue weighted by atomic mass is 32.1. The second-order valence-electron chi connectivity index (χ2n) is 4.34. The molecule has 0 aliphatic rings. The van der Waals surface area contributed by atoms with Crippen molar-refractivity contribution in [2.24, 2.45) is 5.92 Å². The van der Waals surface area contributed by atoms with Gasteiger partial charge in [-0.05, 0) is 31.9 Å². The number of nitrogens with one attached hydrogen (secondary N) is 1. The molecule has 1 aromatic rings. The zero-order valence-electron chi connectivity index (χ0n) is 10.7. The van der Waals surface area contributed by atoms with Crippen LogP contribution in [0.15, 0.2) is 11.0 Å². The third-order valence-electron chi connectivity index (χ3n) is 2.47. The highest BCUT2D eigenvalue weighted by Gasteiger charge is 2.04. The number of nitrogens with zero attached hydrogens (tertiary/aromatic N) is 1. The molecule has 0 saturated heterocycles. The normalized spacial score (nSPS) is 12.4. The van der Waals surface area contributed by atoms with Crippen molar-refractivity contribution in [2.45, 2.75) is 34.1 Å². The summed E-state index contributed by atoms with van der Waals surface area (Å²) in [5, 5.41) is 6.71. The minimum atomic E-state index is 0.575.